The lowest BCUT2D eigenvalue weighted by Gasteiger charge is -2.17. The van der Waals surface area contributed by atoms with Crippen LogP contribution in [0.2, 0.25) is 0 Å². The van der Waals surface area contributed by atoms with Crippen LogP contribution < -0.4 is 4.74 Å². The average Bonchev–Trinajstić information content (AvgIpc) is 3.09. The van der Waals surface area contributed by atoms with Gasteiger partial charge < -0.3 is 4.74 Å². The fraction of sp³-hybridized carbons (Fsp3) is 0.278. The Hall–Kier alpha value is -3.15. The van der Waals surface area contributed by atoms with Gasteiger partial charge in [0.25, 0.3) is 0 Å². The minimum atomic E-state index is -4.76. The first-order valence-corrected chi connectivity index (χ1v) is 8.49. The summed E-state index contributed by atoms with van der Waals surface area (Å²) in [6.45, 7) is 0.612. The minimum absolute atomic E-state index is 0.245. The normalized spacial score (nSPS) is 12.4. The number of hydrogen-bond acceptors (Lipinski definition) is 5. The zero-order valence-electron chi connectivity index (χ0n) is 15.4. The lowest BCUT2D eigenvalue weighted by atomic mass is 10.2. The molecule has 0 radical (unpaired) electrons. The summed E-state index contributed by atoms with van der Waals surface area (Å²) in [5, 5.41) is 11.3. The first kappa shape index (κ1) is 21.6. The Morgan fingerprint density at radius 1 is 0.900 bits per heavy atom. The van der Waals surface area contributed by atoms with Gasteiger partial charge in [0, 0.05) is 6.54 Å². The lowest BCUT2D eigenvalue weighted by molar-refractivity contribution is -0.274. The third-order valence-corrected chi connectivity index (χ3v) is 3.99. The molecule has 0 saturated heterocycles. The van der Waals surface area contributed by atoms with Gasteiger partial charge >= 0.3 is 12.5 Å². The van der Waals surface area contributed by atoms with E-state index in [-0.39, 0.29) is 12.3 Å². The van der Waals surface area contributed by atoms with Gasteiger partial charge in [-0.3, -0.25) is 4.90 Å². The predicted molar refractivity (Wildman–Crippen MR) is 92.5 cm³/mol. The summed E-state index contributed by atoms with van der Waals surface area (Å²) in [7, 11) is 1.74. The topological polar surface area (TPSA) is 56.1 Å². The maximum atomic E-state index is 12.7. The second kappa shape index (κ2) is 8.30. The standard InChI is InChI=1S/C18H15F6N5O/c1-28(10-12-2-8-15(9-3-12)30-18(22,23)24)11-16-25-26-27-29(16)14-6-4-13(5-7-14)17(19,20)21/h2-9H,10-11H2,1H3. The van der Waals surface area contributed by atoms with E-state index in [0.29, 0.717) is 18.1 Å². The molecule has 0 aliphatic heterocycles. The first-order valence-electron chi connectivity index (χ1n) is 8.49. The molecule has 0 unspecified atom stereocenters. The van der Waals surface area contributed by atoms with E-state index in [2.05, 4.69) is 20.3 Å². The molecule has 160 valence electrons. The Kier molecular flexibility index (Phi) is 5.97. The summed E-state index contributed by atoms with van der Waals surface area (Å²) in [6.07, 6.45) is -9.20. The van der Waals surface area contributed by atoms with Crippen molar-refractivity contribution in [2.45, 2.75) is 25.6 Å². The zero-order chi connectivity index (χ0) is 21.9. The highest BCUT2D eigenvalue weighted by atomic mass is 19.4. The van der Waals surface area contributed by atoms with Gasteiger partial charge in [-0.05, 0) is 59.4 Å². The molecule has 0 fully saturated rings. The number of alkyl halides is 6. The molecule has 0 amide bonds. The first-order chi connectivity index (χ1) is 14.0. The fourth-order valence-corrected chi connectivity index (χ4v) is 2.70. The molecule has 0 atom stereocenters. The summed E-state index contributed by atoms with van der Waals surface area (Å²) in [5.74, 6) is 0.0643. The van der Waals surface area contributed by atoms with Gasteiger partial charge in [0.1, 0.15) is 5.75 Å². The smallest absolute Gasteiger partial charge is 0.406 e. The molecule has 30 heavy (non-hydrogen) atoms. The second-order valence-corrected chi connectivity index (χ2v) is 6.42. The molecule has 1 aromatic heterocycles. The molecule has 0 bridgehead atoms. The summed E-state index contributed by atoms with van der Waals surface area (Å²) >= 11 is 0. The van der Waals surface area contributed by atoms with Gasteiger partial charge in [-0.15, -0.1) is 18.3 Å². The van der Waals surface area contributed by atoms with Crippen molar-refractivity contribution in [1.82, 2.24) is 25.1 Å². The van der Waals surface area contributed by atoms with Gasteiger partial charge in [-0.25, -0.2) is 0 Å². The van der Waals surface area contributed by atoms with E-state index in [0.717, 1.165) is 17.7 Å². The van der Waals surface area contributed by atoms with Crippen LogP contribution in [-0.2, 0) is 19.3 Å². The van der Waals surface area contributed by atoms with Gasteiger partial charge in [0.15, 0.2) is 5.82 Å². The maximum Gasteiger partial charge on any atom is 0.573 e. The molecule has 1 heterocycles. The van der Waals surface area contributed by atoms with Crippen molar-refractivity contribution in [3.8, 4) is 11.4 Å². The van der Waals surface area contributed by atoms with Crippen molar-refractivity contribution >= 4 is 0 Å². The lowest BCUT2D eigenvalue weighted by Crippen LogP contribution is -2.20. The number of benzene rings is 2. The van der Waals surface area contributed by atoms with Crippen molar-refractivity contribution in [2.24, 2.45) is 0 Å². The number of hydrogen-bond donors (Lipinski definition) is 0. The van der Waals surface area contributed by atoms with Crippen LogP contribution in [0.3, 0.4) is 0 Å². The van der Waals surface area contributed by atoms with Crippen molar-refractivity contribution in [3.05, 3.63) is 65.5 Å². The van der Waals surface area contributed by atoms with E-state index in [1.807, 2.05) is 0 Å². The van der Waals surface area contributed by atoms with Gasteiger partial charge in [-0.1, -0.05) is 12.1 Å². The van der Waals surface area contributed by atoms with E-state index < -0.39 is 18.1 Å². The second-order valence-electron chi connectivity index (χ2n) is 6.42. The van der Waals surface area contributed by atoms with E-state index in [1.165, 1.54) is 41.1 Å². The van der Waals surface area contributed by atoms with Crippen LogP contribution in [0, 0.1) is 0 Å². The van der Waals surface area contributed by atoms with E-state index in [1.54, 1.807) is 11.9 Å². The predicted octanol–water partition coefficient (Wildman–Crippen LogP) is 4.21. The Labute approximate surface area is 166 Å². The van der Waals surface area contributed by atoms with Gasteiger partial charge in [0.05, 0.1) is 17.8 Å². The molecule has 0 spiro atoms. The number of aromatic nitrogens is 4. The molecule has 3 rings (SSSR count). The molecule has 6 nitrogen and oxygen atoms in total. The minimum Gasteiger partial charge on any atom is -0.406 e. The molecular formula is C18H15F6N5O. The highest BCUT2D eigenvalue weighted by Gasteiger charge is 2.31. The molecule has 0 aliphatic carbocycles. The number of nitrogens with zero attached hydrogens (tertiary/aromatic N) is 5. The third kappa shape index (κ3) is 5.69. The highest BCUT2D eigenvalue weighted by Crippen LogP contribution is 2.29. The Balaban J connectivity index is 1.66. The van der Waals surface area contributed by atoms with Crippen LogP contribution in [0.4, 0.5) is 26.3 Å². The Morgan fingerprint density at radius 3 is 2.10 bits per heavy atom. The number of ether oxygens (including phenoxy) is 1. The quantitative estimate of drug-likeness (QED) is 0.548. The summed E-state index contributed by atoms with van der Waals surface area (Å²) in [4.78, 5) is 1.80. The van der Waals surface area contributed by atoms with Crippen LogP contribution in [0.25, 0.3) is 5.69 Å². The third-order valence-electron chi connectivity index (χ3n) is 3.99. The molecule has 3 aromatic rings. The van der Waals surface area contributed by atoms with Crippen LogP contribution >= 0.6 is 0 Å². The summed E-state index contributed by atoms with van der Waals surface area (Å²) < 4.78 is 79.9. The molecule has 0 N–H and O–H groups in total. The van der Waals surface area contributed by atoms with Gasteiger partial charge in [0.2, 0.25) is 0 Å². The molecule has 0 saturated carbocycles. The highest BCUT2D eigenvalue weighted by molar-refractivity contribution is 5.35. The number of tetrazole rings is 1. The number of rotatable bonds is 6. The van der Waals surface area contributed by atoms with Crippen LogP contribution in [0.15, 0.2) is 48.5 Å². The number of halogens is 6. The summed E-state index contributed by atoms with van der Waals surface area (Å²) in [5.41, 5.74) is 0.307. The molecule has 2 aromatic carbocycles. The zero-order valence-corrected chi connectivity index (χ0v) is 15.4. The van der Waals surface area contributed by atoms with Crippen LogP contribution in [-0.4, -0.2) is 38.5 Å². The molecular weight excluding hydrogens is 416 g/mol. The van der Waals surface area contributed by atoms with Gasteiger partial charge in [-0.2, -0.15) is 17.9 Å². The Morgan fingerprint density at radius 2 is 1.53 bits per heavy atom. The molecule has 0 aliphatic rings. The monoisotopic (exact) mass is 431 g/mol. The fourth-order valence-electron chi connectivity index (χ4n) is 2.70. The van der Waals surface area contributed by atoms with E-state index in [4.69, 9.17) is 0 Å². The maximum absolute atomic E-state index is 12.7. The molecule has 12 heteroatoms. The Bertz CT molecular complexity index is 966. The van der Waals surface area contributed by atoms with Crippen molar-refractivity contribution < 1.29 is 31.1 Å². The van der Waals surface area contributed by atoms with Crippen molar-refractivity contribution in [3.63, 3.8) is 0 Å². The van der Waals surface area contributed by atoms with E-state index >= 15 is 0 Å². The van der Waals surface area contributed by atoms with Crippen LogP contribution in [0.1, 0.15) is 17.0 Å². The average molecular weight is 431 g/mol. The summed E-state index contributed by atoms with van der Waals surface area (Å²) in [6, 6.07) is 9.83. The van der Waals surface area contributed by atoms with Crippen molar-refractivity contribution in [1.29, 1.82) is 0 Å². The largest absolute Gasteiger partial charge is 0.573 e. The van der Waals surface area contributed by atoms with Crippen LogP contribution in [0.5, 0.6) is 5.75 Å². The van der Waals surface area contributed by atoms with Crippen molar-refractivity contribution in [2.75, 3.05) is 7.05 Å². The SMILES string of the molecule is CN(Cc1ccc(OC(F)(F)F)cc1)Cc1nnnn1-c1ccc(C(F)(F)F)cc1. The van der Waals surface area contributed by atoms with E-state index in [9.17, 15) is 26.3 Å².